The summed E-state index contributed by atoms with van der Waals surface area (Å²) < 4.78 is 28.6. The molecule has 0 bridgehead atoms. The van der Waals surface area contributed by atoms with Gasteiger partial charge in [-0.1, -0.05) is 24.3 Å². The van der Waals surface area contributed by atoms with Crippen molar-refractivity contribution in [2.75, 3.05) is 6.61 Å². The van der Waals surface area contributed by atoms with Crippen molar-refractivity contribution in [3.8, 4) is 5.75 Å². The first kappa shape index (κ1) is 15.6. The molecule has 0 aliphatic carbocycles. The number of carboxylic acid groups (broad SMARTS) is 1. The normalized spacial score (nSPS) is 11.5. The molecule has 0 amide bonds. The van der Waals surface area contributed by atoms with Crippen LogP contribution in [0.5, 0.6) is 5.75 Å². The van der Waals surface area contributed by atoms with E-state index in [1.807, 2.05) is 0 Å². The van der Waals surface area contributed by atoms with E-state index in [1.165, 1.54) is 12.1 Å². The lowest BCUT2D eigenvalue weighted by Gasteiger charge is -2.11. The molecule has 0 spiro atoms. The van der Waals surface area contributed by atoms with Crippen LogP contribution in [0.15, 0.2) is 41.3 Å². The first-order valence-corrected chi connectivity index (χ1v) is 8.51. The van der Waals surface area contributed by atoms with Crippen molar-refractivity contribution < 1.29 is 23.1 Å². The molecule has 21 heavy (non-hydrogen) atoms. The number of benzene rings is 2. The molecule has 0 aliphatic heterocycles. The van der Waals surface area contributed by atoms with Crippen LogP contribution in [0.3, 0.4) is 0 Å². The third kappa shape index (κ3) is 3.86. The van der Waals surface area contributed by atoms with Gasteiger partial charge in [-0.3, -0.25) is 4.79 Å². The number of fused-ring (bicyclic) bond motifs is 1. The van der Waals surface area contributed by atoms with Crippen LogP contribution in [0.2, 0.25) is 0 Å². The molecule has 0 heterocycles. The highest BCUT2D eigenvalue weighted by Gasteiger charge is 2.16. The molecule has 0 fully saturated rings. The number of carbonyl (C=O) groups is 1. The van der Waals surface area contributed by atoms with Gasteiger partial charge < -0.3 is 9.84 Å². The molecule has 5 nitrogen and oxygen atoms in total. The Morgan fingerprint density at radius 2 is 1.81 bits per heavy atom. The first-order chi connectivity index (χ1) is 9.89. The van der Waals surface area contributed by atoms with Crippen molar-refractivity contribution in [1.29, 1.82) is 0 Å². The van der Waals surface area contributed by atoms with Gasteiger partial charge in [-0.25, -0.2) is 8.42 Å². The van der Waals surface area contributed by atoms with Crippen LogP contribution in [-0.4, -0.2) is 26.1 Å². The van der Waals surface area contributed by atoms with E-state index < -0.39 is 15.0 Å². The van der Waals surface area contributed by atoms with Gasteiger partial charge in [-0.05, 0) is 18.6 Å². The van der Waals surface area contributed by atoms with E-state index >= 15 is 0 Å². The average Bonchev–Trinajstić information content (AvgIpc) is 2.42. The van der Waals surface area contributed by atoms with Crippen LogP contribution in [-0.2, 0) is 13.8 Å². The second-order valence-corrected chi connectivity index (χ2v) is 6.93. The van der Waals surface area contributed by atoms with Crippen molar-refractivity contribution in [3.05, 3.63) is 36.4 Å². The number of hydrogen-bond acceptors (Lipinski definition) is 4. The number of hydrogen-bond donors (Lipinski definition) is 1. The first-order valence-electron chi connectivity index (χ1n) is 6.20. The lowest BCUT2D eigenvalue weighted by Crippen LogP contribution is -2.03. The Bertz CT molecular complexity index is 770. The molecule has 0 unspecified atom stereocenters. The maximum atomic E-state index is 11.6. The van der Waals surface area contributed by atoms with E-state index in [1.54, 1.807) is 24.3 Å². The molecule has 0 saturated heterocycles. The molecular weight excluding hydrogens is 316 g/mol. The van der Waals surface area contributed by atoms with Crippen LogP contribution in [0.4, 0.5) is 0 Å². The Labute approximate surface area is 126 Å². The smallest absolute Gasteiger partial charge is 0.303 e. The fourth-order valence-corrected chi connectivity index (χ4v) is 3.06. The summed E-state index contributed by atoms with van der Waals surface area (Å²) >= 11 is 0. The predicted molar refractivity (Wildman–Crippen MR) is 79.4 cm³/mol. The van der Waals surface area contributed by atoms with E-state index in [0.717, 1.165) is 0 Å². The zero-order valence-corrected chi connectivity index (χ0v) is 12.5. The largest absolute Gasteiger partial charge is 0.493 e. The van der Waals surface area contributed by atoms with Gasteiger partial charge in [0.25, 0.3) is 9.05 Å². The summed E-state index contributed by atoms with van der Waals surface area (Å²) in [5, 5.41) is 9.67. The highest BCUT2D eigenvalue weighted by Crippen LogP contribution is 2.32. The SMILES string of the molecule is O=C(O)CCCOc1ccc(S(=O)(=O)Cl)c2ccccc12. The Kier molecular flexibility index (Phi) is 4.69. The Morgan fingerprint density at radius 3 is 2.43 bits per heavy atom. The fourth-order valence-electron chi connectivity index (χ4n) is 1.99. The van der Waals surface area contributed by atoms with Crippen molar-refractivity contribution in [2.45, 2.75) is 17.7 Å². The Hall–Kier alpha value is -1.79. The summed E-state index contributed by atoms with van der Waals surface area (Å²) in [6.07, 6.45) is 0.394. The summed E-state index contributed by atoms with van der Waals surface area (Å²) in [4.78, 5) is 10.5. The molecule has 0 saturated carbocycles. The Morgan fingerprint density at radius 1 is 1.14 bits per heavy atom. The quantitative estimate of drug-likeness (QED) is 0.651. The maximum Gasteiger partial charge on any atom is 0.303 e. The van der Waals surface area contributed by atoms with Gasteiger partial charge in [0, 0.05) is 27.9 Å². The number of carboxylic acids is 1. The van der Waals surface area contributed by atoms with E-state index in [-0.39, 0.29) is 17.9 Å². The molecule has 0 aliphatic rings. The fraction of sp³-hybridized carbons (Fsp3) is 0.214. The van der Waals surface area contributed by atoms with Crippen LogP contribution in [0.25, 0.3) is 10.8 Å². The highest BCUT2D eigenvalue weighted by atomic mass is 35.7. The average molecular weight is 329 g/mol. The maximum absolute atomic E-state index is 11.6. The van der Waals surface area contributed by atoms with Crippen LogP contribution >= 0.6 is 10.7 Å². The van der Waals surface area contributed by atoms with Crippen molar-refractivity contribution in [3.63, 3.8) is 0 Å². The molecule has 112 valence electrons. The minimum Gasteiger partial charge on any atom is -0.493 e. The zero-order valence-electron chi connectivity index (χ0n) is 11.0. The van der Waals surface area contributed by atoms with E-state index in [2.05, 4.69) is 0 Å². The van der Waals surface area contributed by atoms with E-state index in [4.69, 9.17) is 20.5 Å². The molecule has 2 aromatic rings. The predicted octanol–water partition coefficient (Wildman–Crippen LogP) is 3.01. The zero-order chi connectivity index (χ0) is 15.5. The lowest BCUT2D eigenvalue weighted by atomic mass is 10.1. The van der Waals surface area contributed by atoms with Crippen molar-refractivity contribution >= 4 is 36.5 Å². The molecule has 2 aromatic carbocycles. The minimum atomic E-state index is -3.84. The third-order valence-electron chi connectivity index (χ3n) is 2.90. The van der Waals surface area contributed by atoms with Gasteiger partial charge in [-0.2, -0.15) is 0 Å². The van der Waals surface area contributed by atoms with E-state index in [9.17, 15) is 13.2 Å². The van der Waals surface area contributed by atoms with Gasteiger partial charge in [0.2, 0.25) is 0 Å². The topological polar surface area (TPSA) is 80.7 Å². The van der Waals surface area contributed by atoms with Crippen molar-refractivity contribution in [1.82, 2.24) is 0 Å². The molecule has 7 heteroatoms. The summed E-state index contributed by atoms with van der Waals surface area (Å²) in [6.45, 7) is 0.239. The molecule has 0 radical (unpaired) electrons. The standard InChI is InChI=1S/C14H13ClO5S/c15-21(18,19)13-8-7-12(20-9-3-6-14(16)17)10-4-1-2-5-11(10)13/h1-2,4-5,7-8H,3,6,9H2,(H,16,17). The summed E-state index contributed by atoms with van der Waals surface area (Å²) in [6, 6.07) is 9.76. The summed E-state index contributed by atoms with van der Waals surface area (Å²) in [7, 11) is 1.57. The molecule has 0 aromatic heterocycles. The van der Waals surface area contributed by atoms with Gasteiger partial charge in [0.1, 0.15) is 5.75 Å². The number of aliphatic carboxylic acids is 1. The molecule has 1 N–H and O–H groups in total. The molecule has 0 atom stereocenters. The summed E-state index contributed by atoms with van der Waals surface area (Å²) in [5.41, 5.74) is 0. The minimum absolute atomic E-state index is 0.0199. The van der Waals surface area contributed by atoms with Crippen LogP contribution < -0.4 is 4.74 Å². The summed E-state index contributed by atoms with van der Waals surface area (Å²) in [5.74, 6) is -0.382. The Balaban J connectivity index is 2.32. The van der Waals surface area contributed by atoms with Gasteiger partial charge in [0.15, 0.2) is 0 Å². The molecule has 2 rings (SSSR count). The second-order valence-electron chi connectivity index (χ2n) is 4.39. The van der Waals surface area contributed by atoms with Gasteiger partial charge in [-0.15, -0.1) is 0 Å². The number of rotatable bonds is 6. The second kappa shape index (κ2) is 6.32. The van der Waals surface area contributed by atoms with Crippen LogP contribution in [0.1, 0.15) is 12.8 Å². The molecular formula is C14H13ClO5S. The monoisotopic (exact) mass is 328 g/mol. The van der Waals surface area contributed by atoms with E-state index in [0.29, 0.717) is 22.9 Å². The lowest BCUT2D eigenvalue weighted by molar-refractivity contribution is -0.137. The number of halogens is 1. The van der Waals surface area contributed by atoms with Gasteiger partial charge in [0.05, 0.1) is 11.5 Å². The third-order valence-corrected chi connectivity index (χ3v) is 4.28. The number of ether oxygens (including phenoxy) is 1. The van der Waals surface area contributed by atoms with Crippen molar-refractivity contribution in [2.24, 2.45) is 0 Å². The van der Waals surface area contributed by atoms with Gasteiger partial charge >= 0.3 is 5.97 Å². The highest BCUT2D eigenvalue weighted by molar-refractivity contribution is 8.14. The van der Waals surface area contributed by atoms with Crippen LogP contribution in [0, 0.1) is 0 Å².